The Morgan fingerprint density at radius 2 is 1.74 bits per heavy atom. The van der Waals surface area contributed by atoms with E-state index in [1.807, 2.05) is 49.4 Å². The van der Waals surface area contributed by atoms with E-state index in [1.165, 1.54) is 6.20 Å². The number of hydrogen-bond donors (Lipinski definition) is 6. The zero-order valence-corrected chi connectivity index (χ0v) is 22.4. The van der Waals surface area contributed by atoms with Gasteiger partial charge in [0.1, 0.15) is 11.4 Å². The molecule has 0 saturated carbocycles. The van der Waals surface area contributed by atoms with Crippen molar-refractivity contribution in [2.45, 2.75) is 25.8 Å². The number of carboxylic acid groups (broad SMARTS) is 1. The van der Waals surface area contributed by atoms with E-state index < -0.39 is 5.97 Å². The number of hydrogen-bond acceptors (Lipinski definition) is 7. The van der Waals surface area contributed by atoms with Gasteiger partial charge in [0, 0.05) is 25.8 Å². The number of halogens is 1. The number of aromatic nitrogens is 2. The van der Waals surface area contributed by atoms with Gasteiger partial charge in [0.15, 0.2) is 5.11 Å². The molecule has 38 heavy (non-hydrogen) atoms. The summed E-state index contributed by atoms with van der Waals surface area (Å²) in [7, 11) is 0. The molecule has 0 radical (unpaired) electrons. The Bertz CT molecular complexity index is 1250. The highest BCUT2D eigenvalue weighted by atomic mass is 35.5. The lowest BCUT2D eigenvalue weighted by atomic mass is 10.1. The average molecular weight is 556 g/mol. The third kappa shape index (κ3) is 9.16. The highest BCUT2D eigenvalue weighted by Crippen LogP contribution is 2.24. The van der Waals surface area contributed by atoms with Crippen molar-refractivity contribution in [1.29, 1.82) is 0 Å². The Hall–Kier alpha value is -3.96. The molecule has 6 N–H and O–H groups in total. The monoisotopic (exact) mass is 555 g/mol. The SMILES string of the molecule is C[C@@H](NC(=O)c1cnc(Nc2ccccc2Cl)nc1NCCCNC(=S)NCCC(=O)O)c1ccccc1. The summed E-state index contributed by atoms with van der Waals surface area (Å²) >= 11 is 11.4. The summed E-state index contributed by atoms with van der Waals surface area (Å²) in [5.41, 5.74) is 1.92. The number of nitrogens with zero attached hydrogens (tertiary/aromatic N) is 2. The first-order valence-electron chi connectivity index (χ1n) is 12.0. The van der Waals surface area contributed by atoms with Gasteiger partial charge in [-0.3, -0.25) is 9.59 Å². The van der Waals surface area contributed by atoms with E-state index >= 15 is 0 Å². The summed E-state index contributed by atoms with van der Waals surface area (Å²) < 4.78 is 0. The van der Waals surface area contributed by atoms with Crippen LogP contribution in [0.25, 0.3) is 0 Å². The average Bonchev–Trinajstić information content (AvgIpc) is 2.90. The number of carboxylic acids is 1. The first-order chi connectivity index (χ1) is 18.3. The number of amides is 1. The fourth-order valence-corrected chi connectivity index (χ4v) is 3.76. The number of para-hydroxylation sites is 1. The number of thiocarbonyl (C=S) groups is 1. The van der Waals surface area contributed by atoms with E-state index in [0.717, 1.165) is 5.56 Å². The molecule has 0 fully saturated rings. The van der Waals surface area contributed by atoms with Gasteiger partial charge in [0.05, 0.1) is 23.2 Å². The van der Waals surface area contributed by atoms with Crippen molar-refractivity contribution < 1.29 is 14.7 Å². The fourth-order valence-electron chi connectivity index (χ4n) is 3.37. The van der Waals surface area contributed by atoms with Gasteiger partial charge in [-0.15, -0.1) is 0 Å². The van der Waals surface area contributed by atoms with Gasteiger partial charge in [0.25, 0.3) is 5.91 Å². The van der Waals surface area contributed by atoms with E-state index in [0.29, 0.717) is 46.7 Å². The smallest absolute Gasteiger partial charge is 0.305 e. The van der Waals surface area contributed by atoms with Crippen molar-refractivity contribution in [3.05, 3.63) is 76.9 Å². The molecular weight excluding hydrogens is 526 g/mol. The molecule has 200 valence electrons. The minimum atomic E-state index is -0.893. The van der Waals surface area contributed by atoms with Crippen molar-refractivity contribution in [3.8, 4) is 0 Å². The molecule has 1 atom stereocenters. The van der Waals surface area contributed by atoms with Gasteiger partial charge >= 0.3 is 5.97 Å². The van der Waals surface area contributed by atoms with Crippen LogP contribution in [0.4, 0.5) is 17.5 Å². The van der Waals surface area contributed by atoms with Crippen LogP contribution in [0.15, 0.2) is 60.8 Å². The third-order valence-corrected chi connectivity index (χ3v) is 5.98. The summed E-state index contributed by atoms with van der Waals surface area (Å²) in [5, 5.41) is 24.8. The molecule has 0 spiro atoms. The summed E-state index contributed by atoms with van der Waals surface area (Å²) in [4.78, 5) is 32.6. The highest BCUT2D eigenvalue weighted by Gasteiger charge is 2.18. The van der Waals surface area contributed by atoms with Crippen molar-refractivity contribution in [2.24, 2.45) is 0 Å². The molecule has 0 aliphatic heterocycles. The second-order valence-electron chi connectivity index (χ2n) is 8.27. The van der Waals surface area contributed by atoms with E-state index in [9.17, 15) is 9.59 Å². The van der Waals surface area contributed by atoms with Crippen molar-refractivity contribution >= 4 is 58.3 Å². The molecule has 10 nitrogen and oxygen atoms in total. The minimum Gasteiger partial charge on any atom is -0.481 e. The molecule has 0 unspecified atom stereocenters. The maximum atomic E-state index is 13.1. The summed E-state index contributed by atoms with van der Waals surface area (Å²) in [5.74, 6) is -0.546. The number of rotatable bonds is 13. The Labute approximate surface area is 231 Å². The van der Waals surface area contributed by atoms with Gasteiger partial charge in [-0.2, -0.15) is 4.98 Å². The molecule has 0 aliphatic rings. The second kappa shape index (κ2) is 14.7. The van der Waals surface area contributed by atoms with Crippen molar-refractivity contribution in [3.63, 3.8) is 0 Å². The molecule has 3 rings (SSSR count). The largest absolute Gasteiger partial charge is 0.481 e. The summed E-state index contributed by atoms with van der Waals surface area (Å²) in [6.07, 6.45) is 2.11. The quantitative estimate of drug-likeness (QED) is 0.135. The number of carbonyl (C=O) groups excluding carboxylic acids is 1. The standard InChI is InChI=1S/C26H30ClN7O3S/c1-17(18-8-3-2-4-9-18)32-24(37)19-16-31-25(33-21-11-6-5-10-20(21)27)34-23(19)28-13-7-14-29-26(38)30-15-12-22(35)36/h2-6,8-11,16-17H,7,12-15H2,1H3,(H,32,37)(H,35,36)(H2,29,30,38)(H2,28,31,33,34)/t17-/m1/s1. The normalized spacial score (nSPS) is 11.2. The van der Waals surface area contributed by atoms with Crippen molar-refractivity contribution in [1.82, 2.24) is 25.9 Å². The molecule has 1 amide bonds. The topological polar surface area (TPSA) is 140 Å². The van der Waals surface area contributed by atoms with Crippen LogP contribution < -0.4 is 26.6 Å². The predicted molar refractivity (Wildman–Crippen MR) is 153 cm³/mol. The van der Waals surface area contributed by atoms with E-state index in [2.05, 4.69) is 36.6 Å². The minimum absolute atomic E-state index is 0.0185. The van der Waals surface area contributed by atoms with Crippen LogP contribution in [0.1, 0.15) is 41.7 Å². The maximum Gasteiger partial charge on any atom is 0.305 e. The maximum absolute atomic E-state index is 13.1. The van der Waals surface area contributed by atoms with Crippen molar-refractivity contribution in [2.75, 3.05) is 30.3 Å². The zero-order chi connectivity index (χ0) is 27.3. The van der Waals surface area contributed by atoms with Gasteiger partial charge < -0.3 is 31.7 Å². The third-order valence-electron chi connectivity index (χ3n) is 5.36. The number of aliphatic carboxylic acids is 1. The van der Waals surface area contributed by atoms with Crippen LogP contribution in [0, 0.1) is 0 Å². The fraction of sp³-hybridized carbons (Fsp3) is 0.269. The van der Waals surface area contributed by atoms with Crippen LogP contribution in [-0.2, 0) is 4.79 Å². The summed E-state index contributed by atoms with van der Waals surface area (Å²) in [6.45, 7) is 3.19. The molecule has 0 saturated heterocycles. The lowest BCUT2D eigenvalue weighted by Crippen LogP contribution is -2.37. The molecule has 3 aromatic rings. The Morgan fingerprint density at radius 1 is 1.03 bits per heavy atom. The molecule has 0 aliphatic carbocycles. The van der Waals surface area contributed by atoms with Gasteiger partial charge in [-0.1, -0.05) is 54.1 Å². The first kappa shape index (κ1) is 28.6. The van der Waals surface area contributed by atoms with Crippen LogP contribution in [0.3, 0.4) is 0 Å². The van der Waals surface area contributed by atoms with Crippen LogP contribution >= 0.6 is 23.8 Å². The Morgan fingerprint density at radius 3 is 2.47 bits per heavy atom. The first-order valence-corrected chi connectivity index (χ1v) is 12.8. The van der Waals surface area contributed by atoms with Gasteiger partial charge in [-0.25, -0.2) is 4.98 Å². The number of anilines is 3. The van der Waals surface area contributed by atoms with Gasteiger partial charge in [-0.05, 0) is 43.3 Å². The van der Waals surface area contributed by atoms with E-state index in [-0.39, 0.29) is 30.9 Å². The Kier molecular flexibility index (Phi) is 11.1. The molecular formula is C26H30ClN7O3S. The lowest BCUT2D eigenvalue weighted by molar-refractivity contribution is -0.136. The number of carbonyl (C=O) groups is 2. The lowest BCUT2D eigenvalue weighted by Gasteiger charge is -2.17. The second-order valence-corrected chi connectivity index (χ2v) is 9.09. The van der Waals surface area contributed by atoms with Gasteiger partial charge in [0.2, 0.25) is 5.95 Å². The molecule has 12 heteroatoms. The summed E-state index contributed by atoms with van der Waals surface area (Å²) in [6, 6.07) is 16.7. The molecule has 1 heterocycles. The number of benzene rings is 2. The van der Waals surface area contributed by atoms with Crippen LogP contribution in [0.2, 0.25) is 5.02 Å². The Balaban J connectivity index is 1.65. The molecule has 0 bridgehead atoms. The predicted octanol–water partition coefficient (Wildman–Crippen LogP) is 4.11. The molecule has 2 aromatic carbocycles. The van der Waals surface area contributed by atoms with Crippen LogP contribution in [-0.4, -0.2) is 51.7 Å². The molecule has 1 aromatic heterocycles. The highest BCUT2D eigenvalue weighted by molar-refractivity contribution is 7.80. The van der Waals surface area contributed by atoms with Crippen LogP contribution in [0.5, 0.6) is 0 Å². The van der Waals surface area contributed by atoms with E-state index in [1.54, 1.807) is 12.1 Å². The number of nitrogens with one attached hydrogen (secondary N) is 5. The zero-order valence-electron chi connectivity index (χ0n) is 20.8. The van der Waals surface area contributed by atoms with E-state index in [4.69, 9.17) is 28.9 Å².